The maximum absolute atomic E-state index is 3.40. The molecule has 0 saturated carbocycles. The van der Waals surface area contributed by atoms with Crippen LogP contribution in [-0.2, 0) is 6.54 Å². The highest BCUT2D eigenvalue weighted by Gasteiger charge is 2.10. The van der Waals surface area contributed by atoms with Gasteiger partial charge in [-0.05, 0) is 48.9 Å². The highest BCUT2D eigenvalue weighted by molar-refractivity contribution is 7.99. The van der Waals surface area contributed by atoms with Crippen LogP contribution in [0.3, 0.4) is 0 Å². The Morgan fingerprint density at radius 1 is 1.28 bits per heavy atom. The maximum atomic E-state index is 3.40. The van der Waals surface area contributed by atoms with Gasteiger partial charge in [0.05, 0.1) is 0 Å². The van der Waals surface area contributed by atoms with E-state index in [1.54, 1.807) is 0 Å². The number of rotatable bonds is 4. The van der Waals surface area contributed by atoms with E-state index in [2.05, 4.69) is 54.0 Å². The summed E-state index contributed by atoms with van der Waals surface area (Å²) in [5.41, 5.74) is 4.23. The molecule has 0 amide bonds. The van der Waals surface area contributed by atoms with Crippen LogP contribution >= 0.6 is 11.8 Å². The van der Waals surface area contributed by atoms with Gasteiger partial charge in [-0.25, -0.2) is 0 Å². The molecule has 1 aromatic carbocycles. The Hall–Kier alpha value is -0.670. The SMILES string of the molecule is CCNCc1ccc(N2CCCSCC2)cc1C. The molecular weight excluding hydrogens is 240 g/mol. The fraction of sp³-hybridized carbons (Fsp3) is 0.600. The molecule has 2 rings (SSSR count). The molecule has 1 fully saturated rings. The molecule has 100 valence electrons. The van der Waals surface area contributed by atoms with Gasteiger partial charge in [0, 0.05) is 31.1 Å². The van der Waals surface area contributed by atoms with E-state index >= 15 is 0 Å². The van der Waals surface area contributed by atoms with Crippen molar-refractivity contribution < 1.29 is 0 Å². The van der Waals surface area contributed by atoms with E-state index in [9.17, 15) is 0 Å². The average molecular weight is 264 g/mol. The standard InChI is InChI=1S/C15H24N2S/c1-3-16-12-14-5-6-15(11-13(14)2)17-7-4-9-18-10-8-17/h5-6,11,16H,3-4,7-10,12H2,1-2H3. The zero-order valence-electron chi connectivity index (χ0n) is 11.5. The molecule has 1 aliphatic heterocycles. The predicted octanol–water partition coefficient (Wildman–Crippen LogP) is 3.05. The molecule has 1 heterocycles. The zero-order valence-corrected chi connectivity index (χ0v) is 12.4. The number of aryl methyl sites for hydroxylation is 1. The Morgan fingerprint density at radius 2 is 2.17 bits per heavy atom. The summed E-state index contributed by atoms with van der Waals surface area (Å²) in [5.74, 6) is 2.58. The predicted molar refractivity (Wildman–Crippen MR) is 82.7 cm³/mol. The Morgan fingerprint density at radius 3 is 2.94 bits per heavy atom. The first-order valence-corrected chi connectivity index (χ1v) is 8.09. The van der Waals surface area contributed by atoms with Crippen LogP contribution in [0.5, 0.6) is 0 Å². The summed E-state index contributed by atoms with van der Waals surface area (Å²) in [6.07, 6.45) is 1.31. The second kappa shape index (κ2) is 7.05. The van der Waals surface area contributed by atoms with Gasteiger partial charge in [-0.15, -0.1) is 0 Å². The highest BCUT2D eigenvalue weighted by atomic mass is 32.2. The van der Waals surface area contributed by atoms with Crippen molar-refractivity contribution in [2.24, 2.45) is 0 Å². The van der Waals surface area contributed by atoms with Gasteiger partial charge < -0.3 is 10.2 Å². The molecule has 2 nitrogen and oxygen atoms in total. The van der Waals surface area contributed by atoms with E-state index in [0.717, 1.165) is 13.1 Å². The minimum absolute atomic E-state index is 0.985. The van der Waals surface area contributed by atoms with Gasteiger partial charge in [0.2, 0.25) is 0 Å². The first-order valence-electron chi connectivity index (χ1n) is 6.94. The summed E-state index contributed by atoms with van der Waals surface area (Å²) < 4.78 is 0. The number of hydrogen-bond acceptors (Lipinski definition) is 3. The number of thioether (sulfide) groups is 1. The third-order valence-corrected chi connectivity index (χ3v) is 4.53. The Balaban J connectivity index is 2.06. The van der Waals surface area contributed by atoms with Crippen molar-refractivity contribution in [3.63, 3.8) is 0 Å². The largest absolute Gasteiger partial charge is 0.371 e. The Kier molecular flexibility index (Phi) is 5.39. The van der Waals surface area contributed by atoms with E-state index in [4.69, 9.17) is 0 Å². The molecule has 1 saturated heterocycles. The molecule has 0 radical (unpaired) electrons. The quantitative estimate of drug-likeness (QED) is 0.900. The normalized spacial score (nSPS) is 16.7. The van der Waals surface area contributed by atoms with Crippen LogP contribution in [-0.4, -0.2) is 31.1 Å². The summed E-state index contributed by atoms with van der Waals surface area (Å²) in [6.45, 7) is 8.79. The lowest BCUT2D eigenvalue weighted by Crippen LogP contribution is -2.25. The van der Waals surface area contributed by atoms with Crippen molar-refractivity contribution in [3.05, 3.63) is 29.3 Å². The van der Waals surface area contributed by atoms with Crippen LogP contribution < -0.4 is 10.2 Å². The molecule has 1 aromatic rings. The van der Waals surface area contributed by atoms with Gasteiger partial charge in [0.25, 0.3) is 0 Å². The average Bonchev–Trinajstić information content (AvgIpc) is 2.66. The van der Waals surface area contributed by atoms with Gasteiger partial charge in [0.1, 0.15) is 0 Å². The van der Waals surface area contributed by atoms with Crippen molar-refractivity contribution in [2.45, 2.75) is 26.8 Å². The summed E-state index contributed by atoms with van der Waals surface area (Å²) in [4.78, 5) is 2.53. The van der Waals surface area contributed by atoms with Crippen LogP contribution in [0, 0.1) is 6.92 Å². The van der Waals surface area contributed by atoms with Gasteiger partial charge >= 0.3 is 0 Å². The zero-order chi connectivity index (χ0) is 12.8. The van der Waals surface area contributed by atoms with Crippen LogP contribution in [0.15, 0.2) is 18.2 Å². The van der Waals surface area contributed by atoms with E-state index in [0.29, 0.717) is 0 Å². The number of benzene rings is 1. The Bertz CT molecular complexity index is 371. The first-order chi connectivity index (χ1) is 8.81. The second-order valence-electron chi connectivity index (χ2n) is 4.84. The summed E-state index contributed by atoms with van der Waals surface area (Å²) in [6, 6.07) is 6.92. The van der Waals surface area contributed by atoms with Gasteiger partial charge in [0.15, 0.2) is 0 Å². The molecule has 0 aliphatic carbocycles. The molecule has 3 heteroatoms. The minimum Gasteiger partial charge on any atom is -0.371 e. The smallest absolute Gasteiger partial charge is 0.0369 e. The van der Waals surface area contributed by atoms with Crippen molar-refractivity contribution >= 4 is 17.4 Å². The maximum Gasteiger partial charge on any atom is 0.0369 e. The van der Waals surface area contributed by atoms with Gasteiger partial charge in [-0.2, -0.15) is 11.8 Å². The summed E-state index contributed by atoms with van der Waals surface area (Å²) >= 11 is 2.08. The van der Waals surface area contributed by atoms with E-state index < -0.39 is 0 Å². The molecule has 0 aromatic heterocycles. The summed E-state index contributed by atoms with van der Waals surface area (Å²) in [5, 5.41) is 3.40. The van der Waals surface area contributed by atoms with E-state index in [1.807, 2.05) is 0 Å². The van der Waals surface area contributed by atoms with Crippen LogP contribution in [0.2, 0.25) is 0 Å². The van der Waals surface area contributed by atoms with E-state index in [1.165, 1.54) is 47.8 Å². The molecular formula is C15H24N2S. The number of anilines is 1. The lowest BCUT2D eigenvalue weighted by atomic mass is 10.1. The van der Waals surface area contributed by atoms with Crippen molar-refractivity contribution in [2.75, 3.05) is 36.0 Å². The second-order valence-corrected chi connectivity index (χ2v) is 6.07. The topological polar surface area (TPSA) is 15.3 Å². The molecule has 18 heavy (non-hydrogen) atoms. The van der Waals surface area contributed by atoms with E-state index in [-0.39, 0.29) is 0 Å². The van der Waals surface area contributed by atoms with Crippen LogP contribution in [0.25, 0.3) is 0 Å². The number of nitrogens with one attached hydrogen (secondary N) is 1. The Labute approximate surface area is 115 Å². The monoisotopic (exact) mass is 264 g/mol. The molecule has 0 spiro atoms. The lowest BCUT2D eigenvalue weighted by Gasteiger charge is -2.23. The van der Waals surface area contributed by atoms with Crippen LogP contribution in [0.1, 0.15) is 24.5 Å². The molecule has 0 bridgehead atoms. The number of hydrogen-bond donors (Lipinski definition) is 1. The molecule has 1 aliphatic rings. The first kappa shape index (κ1) is 13.8. The minimum atomic E-state index is 0.985. The fourth-order valence-electron chi connectivity index (χ4n) is 2.34. The van der Waals surface area contributed by atoms with Gasteiger partial charge in [-0.3, -0.25) is 0 Å². The third-order valence-electron chi connectivity index (χ3n) is 3.48. The van der Waals surface area contributed by atoms with Crippen LogP contribution in [0.4, 0.5) is 5.69 Å². The molecule has 1 N–H and O–H groups in total. The third kappa shape index (κ3) is 3.66. The molecule has 0 unspecified atom stereocenters. The van der Waals surface area contributed by atoms with Gasteiger partial charge in [-0.1, -0.05) is 13.0 Å². The van der Waals surface area contributed by atoms with Crippen molar-refractivity contribution in [1.29, 1.82) is 0 Å². The number of nitrogens with zero attached hydrogens (tertiary/aromatic N) is 1. The lowest BCUT2D eigenvalue weighted by molar-refractivity contribution is 0.723. The highest BCUT2D eigenvalue weighted by Crippen LogP contribution is 2.22. The fourth-order valence-corrected chi connectivity index (χ4v) is 3.23. The van der Waals surface area contributed by atoms with Crippen molar-refractivity contribution in [3.8, 4) is 0 Å². The summed E-state index contributed by atoms with van der Waals surface area (Å²) in [7, 11) is 0. The van der Waals surface area contributed by atoms with Crippen molar-refractivity contribution in [1.82, 2.24) is 5.32 Å². The molecule has 0 atom stereocenters.